The van der Waals surface area contributed by atoms with Crippen LogP contribution in [0.25, 0.3) is 0 Å². The molecule has 0 amide bonds. The molecule has 0 aromatic heterocycles. The number of hydrogen-bond donors (Lipinski definition) is 0. The Kier molecular flexibility index (Phi) is 1.54. The van der Waals surface area contributed by atoms with Crippen LogP contribution in [-0.4, -0.2) is 18.8 Å². The van der Waals surface area contributed by atoms with Crippen molar-refractivity contribution in [1.29, 1.82) is 0 Å². The summed E-state index contributed by atoms with van der Waals surface area (Å²) in [5, 5.41) is 0. The summed E-state index contributed by atoms with van der Waals surface area (Å²) in [5.41, 5.74) is -0.0747. The molecule has 0 bridgehead atoms. The SMILES string of the molecule is CC1(C)CO[CH]CO1. The minimum absolute atomic E-state index is 0.0747. The van der Waals surface area contributed by atoms with E-state index in [1.807, 2.05) is 13.8 Å². The first kappa shape index (κ1) is 6.05. The Morgan fingerprint density at radius 3 is 2.50 bits per heavy atom. The van der Waals surface area contributed by atoms with Crippen LogP contribution in [0.5, 0.6) is 0 Å². The highest BCUT2D eigenvalue weighted by Crippen LogP contribution is 2.14. The van der Waals surface area contributed by atoms with E-state index in [0.29, 0.717) is 13.2 Å². The van der Waals surface area contributed by atoms with Gasteiger partial charge in [-0.1, -0.05) is 0 Å². The van der Waals surface area contributed by atoms with E-state index in [1.165, 1.54) is 0 Å². The lowest BCUT2D eigenvalue weighted by Gasteiger charge is -2.29. The van der Waals surface area contributed by atoms with Gasteiger partial charge in [0, 0.05) is 0 Å². The fourth-order valence-corrected chi connectivity index (χ4v) is 0.609. The van der Waals surface area contributed by atoms with Crippen LogP contribution < -0.4 is 0 Å². The molecule has 1 aliphatic heterocycles. The van der Waals surface area contributed by atoms with Gasteiger partial charge in [0.05, 0.1) is 18.8 Å². The molecular weight excluding hydrogens is 104 g/mol. The van der Waals surface area contributed by atoms with E-state index in [2.05, 4.69) is 0 Å². The molecule has 0 N–H and O–H groups in total. The van der Waals surface area contributed by atoms with E-state index < -0.39 is 0 Å². The molecule has 0 aliphatic carbocycles. The highest BCUT2D eigenvalue weighted by atomic mass is 16.6. The Morgan fingerprint density at radius 2 is 2.25 bits per heavy atom. The van der Waals surface area contributed by atoms with Crippen molar-refractivity contribution < 1.29 is 9.47 Å². The van der Waals surface area contributed by atoms with Crippen LogP contribution in [0.4, 0.5) is 0 Å². The van der Waals surface area contributed by atoms with E-state index in [9.17, 15) is 0 Å². The summed E-state index contributed by atoms with van der Waals surface area (Å²) >= 11 is 0. The lowest BCUT2D eigenvalue weighted by atomic mass is 10.1. The minimum Gasteiger partial charge on any atom is -0.370 e. The summed E-state index contributed by atoms with van der Waals surface area (Å²) in [4.78, 5) is 0. The van der Waals surface area contributed by atoms with Crippen LogP contribution in [-0.2, 0) is 9.47 Å². The van der Waals surface area contributed by atoms with Gasteiger partial charge in [-0.05, 0) is 13.8 Å². The quantitative estimate of drug-likeness (QED) is 0.468. The third kappa shape index (κ3) is 1.46. The molecule has 2 heteroatoms. The Balaban J connectivity index is 2.33. The van der Waals surface area contributed by atoms with E-state index in [0.717, 1.165) is 0 Å². The van der Waals surface area contributed by atoms with Gasteiger partial charge in [0.1, 0.15) is 6.61 Å². The Labute approximate surface area is 49.8 Å². The van der Waals surface area contributed by atoms with Crippen molar-refractivity contribution in [2.24, 2.45) is 0 Å². The summed E-state index contributed by atoms with van der Waals surface area (Å²) in [6.07, 6.45) is 0. The van der Waals surface area contributed by atoms with E-state index in [4.69, 9.17) is 9.47 Å². The van der Waals surface area contributed by atoms with Crippen molar-refractivity contribution in [1.82, 2.24) is 0 Å². The molecule has 1 fully saturated rings. The average molecular weight is 115 g/mol. The molecule has 1 aliphatic rings. The highest BCUT2D eigenvalue weighted by molar-refractivity contribution is 4.73. The van der Waals surface area contributed by atoms with Crippen molar-refractivity contribution in [3.05, 3.63) is 6.61 Å². The lowest BCUT2D eigenvalue weighted by molar-refractivity contribution is -0.110. The normalized spacial score (nSPS) is 27.8. The van der Waals surface area contributed by atoms with E-state index >= 15 is 0 Å². The van der Waals surface area contributed by atoms with Gasteiger partial charge in [-0.25, -0.2) is 0 Å². The van der Waals surface area contributed by atoms with Gasteiger partial charge >= 0.3 is 0 Å². The predicted molar refractivity (Wildman–Crippen MR) is 30.3 cm³/mol. The van der Waals surface area contributed by atoms with Gasteiger partial charge in [-0.15, -0.1) is 0 Å². The molecule has 0 unspecified atom stereocenters. The summed E-state index contributed by atoms with van der Waals surface area (Å²) in [5.74, 6) is 0. The molecule has 0 aromatic carbocycles. The Morgan fingerprint density at radius 1 is 1.50 bits per heavy atom. The van der Waals surface area contributed by atoms with Crippen LogP contribution in [0.15, 0.2) is 0 Å². The molecule has 47 valence electrons. The first-order valence-electron chi connectivity index (χ1n) is 2.78. The van der Waals surface area contributed by atoms with Crippen molar-refractivity contribution in [2.45, 2.75) is 19.4 Å². The van der Waals surface area contributed by atoms with Crippen LogP contribution in [0, 0.1) is 6.61 Å². The molecule has 2 nitrogen and oxygen atoms in total. The van der Waals surface area contributed by atoms with Crippen LogP contribution in [0.1, 0.15) is 13.8 Å². The third-order valence-corrected chi connectivity index (χ3v) is 1.09. The summed E-state index contributed by atoms with van der Waals surface area (Å²) < 4.78 is 10.3. The van der Waals surface area contributed by atoms with Crippen molar-refractivity contribution in [3.63, 3.8) is 0 Å². The van der Waals surface area contributed by atoms with E-state index in [-0.39, 0.29) is 5.60 Å². The van der Waals surface area contributed by atoms with Crippen molar-refractivity contribution in [3.8, 4) is 0 Å². The molecule has 0 aromatic rings. The van der Waals surface area contributed by atoms with Gasteiger partial charge < -0.3 is 9.47 Å². The maximum absolute atomic E-state index is 5.28. The molecular formula is C6H11O2. The molecule has 1 rings (SSSR count). The fourth-order valence-electron chi connectivity index (χ4n) is 0.609. The molecule has 1 saturated heterocycles. The molecule has 0 atom stereocenters. The van der Waals surface area contributed by atoms with Crippen LogP contribution in [0.2, 0.25) is 0 Å². The monoisotopic (exact) mass is 115 g/mol. The lowest BCUT2D eigenvalue weighted by Crippen LogP contribution is -2.35. The zero-order valence-electron chi connectivity index (χ0n) is 5.31. The maximum Gasteiger partial charge on any atom is 0.109 e. The van der Waals surface area contributed by atoms with Crippen LogP contribution >= 0.6 is 0 Å². The third-order valence-electron chi connectivity index (χ3n) is 1.09. The van der Waals surface area contributed by atoms with Gasteiger partial charge in [-0.2, -0.15) is 0 Å². The molecule has 1 heterocycles. The van der Waals surface area contributed by atoms with Gasteiger partial charge in [0.25, 0.3) is 0 Å². The Bertz CT molecular complexity index is 70.6. The fraction of sp³-hybridized carbons (Fsp3) is 0.833. The standard InChI is InChI=1S/C6H11O2/c1-6(2)5-7-3-4-8-6/h3H,4-5H2,1-2H3. The Hall–Kier alpha value is -0.0800. The average Bonchev–Trinajstić information content (AvgIpc) is 1.65. The summed E-state index contributed by atoms with van der Waals surface area (Å²) in [6.45, 7) is 7.01. The van der Waals surface area contributed by atoms with E-state index in [1.54, 1.807) is 6.61 Å². The maximum atomic E-state index is 5.28. The number of rotatable bonds is 0. The summed E-state index contributed by atoms with van der Waals surface area (Å²) in [7, 11) is 0. The van der Waals surface area contributed by atoms with Crippen LogP contribution in [0.3, 0.4) is 0 Å². The molecule has 1 radical (unpaired) electrons. The minimum atomic E-state index is -0.0747. The zero-order chi connectivity index (χ0) is 6.04. The summed E-state index contributed by atoms with van der Waals surface area (Å²) in [6, 6.07) is 0. The van der Waals surface area contributed by atoms with Gasteiger partial charge in [0.2, 0.25) is 0 Å². The first-order chi connectivity index (χ1) is 3.71. The molecule has 8 heavy (non-hydrogen) atoms. The van der Waals surface area contributed by atoms with Crippen molar-refractivity contribution in [2.75, 3.05) is 13.2 Å². The van der Waals surface area contributed by atoms with Gasteiger partial charge in [-0.3, -0.25) is 0 Å². The number of hydrogen-bond acceptors (Lipinski definition) is 2. The topological polar surface area (TPSA) is 18.5 Å². The molecule has 0 saturated carbocycles. The highest BCUT2D eigenvalue weighted by Gasteiger charge is 2.21. The van der Waals surface area contributed by atoms with Crippen molar-refractivity contribution >= 4 is 0 Å². The van der Waals surface area contributed by atoms with Gasteiger partial charge in [0.15, 0.2) is 0 Å². The smallest absolute Gasteiger partial charge is 0.109 e. The predicted octanol–water partition coefficient (Wildman–Crippen LogP) is 0.974. The molecule has 0 spiro atoms. The second-order valence-corrected chi connectivity index (χ2v) is 2.55. The second kappa shape index (κ2) is 2.03. The number of ether oxygens (including phenoxy) is 2. The zero-order valence-corrected chi connectivity index (χ0v) is 5.31. The second-order valence-electron chi connectivity index (χ2n) is 2.55. The first-order valence-corrected chi connectivity index (χ1v) is 2.78. The largest absolute Gasteiger partial charge is 0.370 e.